The summed E-state index contributed by atoms with van der Waals surface area (Å²) < 4.78 is 8.16. The number of anilines is 1. The second kappa shape index (κ2) is 6.45. The van der Waals surface area contributed by atoms with Crippen molar-refractivity contribution in [3.8, 4) is 0 Å². The first-order chi connectivity index (χ1) is 11.6. The fourth-order valence-corrected chi connectivity index (χ4v) is 3.98. The van der Waals surface area contributed by atoms with Crippen molar-refractivity contribution >= 4 is 26.0 Å². The molecule has 0 unspecified atom stereocenters. The van der Waals surface area contributed by atoms with Crippen molar-refractivity contribution in [2.24, 2.45) is 5.41 Å². The number of carbonyl (C=O) groups is 1. The van der Waals surface area contributed by atoms with E-state index in [4.69, 9.17) is 4.43 Å². The largest absolute Gasteiger partial charge is 0.410 e. The number of nitrogens with zero attached hydrogens (tertiary/aromatic N) is 4. The van der Waals surface area contributed by atoms with E-state index in [1.54, 1.807) is 4.57 Å². The quantitative estimate of drug-likeness (QED) is 0.453. The second-order valence-electron chi connectivity index (χ2n) is 9.47. The van der Waals surface area contributed by atoms with E-state index in [1.165, 1.54) is 11.1 Å². The molecule has 0 fully saturated rings. The van der Waals surface area contributed by atoms with Gasteiger partial charge in [0.2, 0.25) is 5.91 Å². The first kappa shape index (κ1) is 20.6. The Labute approximate surface area is 155 Å². The molecule has 0 bridgehead atoms. The average molecular weight is 383 g/mol. The minimum Gasteiger partial charge on any atom is -0.410 e. The first-order valence-electron chi connectivity index (χ1n) is 8.85. The van der Waals surface area contributed by atoms with Crippen molar-refractivity contribution in [3.05, 3.63) is 16.3 Å². The predicted octanol–water partition coefficient (Wildman–Crippen LogP) is 3.57. The summed E-state index contributed by atoms with van der Waals surface area (Å²) in [6, 6.07) is 0. The molecule has 26 heavy (non-hydrogen) atoms. The Kier molecular flexibility index (Phi) is 5.10. The summed E-state index contributed by atoms with van der Waals surface area (Å²) in [5.41, 5.74) is -0.621. The number of amides is 1. The van der Waals surface area contributed by atoms with Gasteiger partial charge in [0.05, 0.1) is 19.2 Å². The molecule has 2 heterocycles. The van der Waals surface area contributed by atoms with Crippen LogP contribution in [0.3, 0.4) is 0 Å². The number of aromatic nitrogens is 2. The Morgan fingerprint density at radius 2 is 1.85 bits per heavy atom. The van der Waals surface area contributed by atoms with Crippen molar-refractivity contribution in [2.45, 2.75) is 72.3 Å². The zero-order valence-corrected chi connectivity index (χ0v) is 18.0. The van der Waals surface area contributed by atoms with E-state index in [0.717, 1.165) is 0 Å². The number of hydrogen-bond acceptors (Lipinski definition) is 5. The Hall–Kier alpha value is -1.74. The molecular formula is C17H30N4O4Si. The van der Waals surface area contributed by atoms with Gasteiger partial charge in [0.1, 0.15) is 6.20 Å². The fourth-order valence-electron chi connectivity index (χ4n) is 2.64. The number of nitro groups is 1. The van der Waals surface area contributed by atoms with Gasteiger partial charge in [-0.15, -0.1) is 0 Å². The van der Waals surface area contributed by atoms with Crippen molar-refractivity contribution < 1.29 is 14.1 Å². The maximum atomic E-state index is 12.9. The number of fused-ring (bicyclic) bond motifs is 1. The van der Waals surface area contributed by atoms with Crippen LogP contribution < -0.4 is 4.90 Å². The number of hydrogen-bond donors (Lipinski definition) is 0. The van der Waals surface area contributed by atoms with Crippen LogP contribution in [0.25, 0.3) is 0 Å². The lowest BCUT2D eigenvalue weighted by Crippen LogP contribution is -2.53. The topological polar surface area (TPSA) is 90.5 Å². The highest BCUT2D eigenvalue weighted by Gasteiger charge is 2.44. The summed E-state index contributed by atoms with van der Waals surface area (Å²) in [5.74, 6) is -0.0471. The lowest BCUT2D eigenvalue weighted by molar-refractivity contribution is -0.389. The van der Waals surface area contributed by atoms with Gasteiger partial charge >= 0.3 is 11.8 Å². The van der Waals surface area contributed by atoms with Crippen LogP contribution in [0.15, 0.2) is 6.20 Å². The lowest BCUT2D eigenvalue weighted by atomic mass is 9.94. The summed E-state index contributed by atoms with van der Waals surface area (Å²) >= 11 is 0. The molecule has 0 radical (unpaired) electrons. The molecule has 0 saturated carbocycles. The molecule has 1 aliphatic heterocycles. The minimum atomic E-state index is -2.04. The number of imidazole rings is 1. The van der Waals surface area contributed by atoms with E-state index in [0.29, 0.717) is 19.0 Å². The summed E-state index contributed by atoms with van der Waals surface area (Å²) in [4.78, 5) is 29.1. The molecule has 1 aromatic rings. The van der Waals surface area contributed by atoms with E-state index in [-0.39, 0.29) is 22.9 Å². The van der Waals surface area contributed by atoms with Gasteiger partial charge in [-0.25, -0.2) is 0 Å². The van der Waals surface area contributed by atoms with Gasteiger partial charge in [0.15, 0.2) is 8.32 Å². The van der Waals surface area contributed by atoms with Gasteiger partial charge in [-0.3, -0.25) is 14.3 Å². The van der Waals surface area contributed by atoms with Crippen LogP contribution in [-0.4, -0.2) is 41.3 Å². The standard InChI is InChI=1S/C17H30N4O4Si/c1-16(2,3)14(22)20-10-12(25-26(7,8)17(4,5)6)9-19-11-13(21(23)24)18-15(19)20/h11-12H,9-10H2,1-8H3/t12-/m0/s1. The van der Waals surface area contributed by atoms with Gasteiger partial charge in [-0.05, 0) is 23.1 Å². The predicted molar refractivity (Wildman–Crippen MR) is 103 cm³/mol. The Morgan fingerprint density at radius 1 is 1.27 bits per heavy atom. The van der Waals surface area contributed by atoms with Crippen LogP contribution in [-0.2, 0) is 15.8 Å². The van der Waals surface area contributed by atoms with Crippen LogP contribution in [0.2, 0.25) is 18.1 Å². The maximum Gasteiger partial charge on any atom is 0.384 e. The third-order valence-electron chi connectivity index (χ3n) is 5.11. The summed E-state index contributed by atoms with van der Waals surface area (Å²) in [5, 5.41) is 11.2. The average Bonchev–Trinajstić information content (AvgIpc) is 2.87. The van der Waals surface area contributed by atoms with Crippen LogP contribution in [0, 0.1) is 15.5 Å². The SMILES string of the molecule is CC(C)(C)C(=O)N1C[C@@H](O[Si](C)(C)C(C)(C)C)Cn2cc([N+](=O)[O-])nc21. The van der Waals surface area contributed by atoms with Crippen LogP contribution in [0.1, 0.15) is 41.5 Å². The highest BCUT2D eigenvalue weighted by Crippen LogP contribution is 2.39. The zero-order chi connectivity index (χ0) is 20.1. The molecule has 1 atom stereocenters. The van der Waals surface area contributed by atoms with Crippen molar-refractivity contribution in [3.63, 3.8) is 0 Å². The van der Waals surface area contributed by atoms with E-state index < -0.39 is 18.7 Å². The third-order valence-corrected chi connectivity index (χ3v) is 9.65. The fraction of sp³-hybridized carbons (Fsp3) is 0.765. The summed E-state index contributed by atoms with van der Waals surface area (Å²) in [6.07, 6.45) is 1.17. The smallest absolute Gasteiger partial charge is 0.384 e. The Bertz CT molecular complexity index is 715. The molecule has 2 rings (SSSR count). The third kappa shape index (κ3) is 3.98. The minimum absolute atomic E-state index is 0.0348. The van der Waals surface area contributed by atoms with Gasteiger partial charge in [0, 0.05) is 10.4 Å². The van der Waals surface area contributed by atoms with Crippen LogP contribution in [0.5, 0.6) is 0 Å². The van der Waals surface area contributed by atoms with Gasteiger partial charge in [0.25, 0.3) is 0 Å². The molecule has 0 spiro atoms. The van der Waals surface area contributed by atoms with E-state index in [2.05, 4.69) is 38.8 Å². The molecule has 1 amide bonds. The van der Waals surface area contributed by atoms with Crippen LogP contribution in [0.4, 0.5) is 11.8 Å². The van der Waals surface area contributed by atoms with Crippen molar-refractivity contribution in [2.75, 3.05) is 11.4 Å². The van der Waals surface area contributed by atoms with E-state index in [9.17, 15) is 14.9 Å². The molecule has 0 N–H and O–H groups in total. The summed E-state index contributed by atoms with van der Waals surface area (Å²) in [6.45, 7) is 17.1. The molecule has 0 aliphatic carbocycles. The van der Waals surface area contributed by atoms with Gasteiger partial charge in [-0.2, -0.15) is 0 Å². The highest BCUT2D eigenvalue weighted by atomic mass is 28.4. The Morgan fingerprint density at radius 3 is 2.31 bits per heavy atom. The molecule has 8 nitrogen and oxygen atoms in total. The first-order valence-corrected chi connectivity index (χ1v) is 11.8. The Balaban J connectivity index is 2.40. The van der Waals surface area contributed by atoms with Crippen LogP contribution >= 0.6 is 0 Å². The second-order valence-corrected chi connectivity index (χ2v) is 14.2. The zero-order valence-electron chi connectivity index (χ0n) is 17.0. The molecule has 9 heteroatoms. The normalized spacial score (nSPS) is 18.6. The van der Waals surface area contributed by atoms with Crippen molar-refractivity contribution in [1.82, 2.24) is 9.55 Å². The molecule has 146 valence electrons. The number of rotatable bonds is 3. The molecule has 0 aromatic carbocycles. The van der Waals surface area contributed by atoms with E-state index in [1.807, 2.05) is 20.8 Å². The molecule has 1 aromatic heterocycles. The lowest BCUT2D eigenvalue weighted by Gasteiger charge is -2.42. The highest BCUT2D eigenvalue weighted by molar-refractivity contribution is 6.74. The summed E-state index contributed by atoms with van der Waals surface area (Å²) in [7, 11) is -2.04. The number of carbonyl (C=O) groups excluding carboxylic acids is 1. The maximum absolute atomic E-state index is 12.9. The van der Waals surface area contributed by atoms with Gasteiger partial charge in [-0.1, -0.05) is 41.5 Å². The molecule has 1 aliphatic rings. The molecule has 0 saturated heterocycles. The monoisotopic (exact) mass is 382 g/mol. The van der Waals surface area contributed by atoms with Gasteiger partial charge < -0.3 is 14.5 Å². The van der Waals surface area contributed by atoms with Crippen molar-refractivity contribution in [1.29, 1.82) is 0 Å². The van der Waals surface area contributed by atoms with E-state index >= 15 is 0 Å². The molecular weight excluding hydrogens is 352 g/mol.